The highest BCUT2D eigenvalue weighted by Gasteiger charge is 2.30. The Bertz CT molecular complexity index is 1290. The zero-order valence-electron chi connectivity index (χ0n) is 22.1. The molecule has 0 aliphatic heterocycles. The van der Waals surface area contributed by atoms with Gasteiger partial charge >= 0.3 is 0 Å². The summed E-state index contributed by atoms with van der Waals surface area (Å²) in [5, 5.41) is 5.56. The van der Waals surface area contributed by atoms with Crippen LogP contribution in [0.25, 0.3) is 11.3 Å². The van der Waals surface area contributed by atoms with Crippen molar-refractivity contribution in [3.05, 3.63) is 35.5 Å². The lowest BCUT2D eigenvalue weighted by molar-refractivity contribution is 0.318. The number of aromatic nitrogens is 1. The Morgan fingerprint density at radius 1 is 0.943 bits per heavy atom. The number of rotatable bonds is 6. The van der Waals surface area contributed by atoms with Crippen LogP contribution in [0.3, 0.4) is 0 Å². The second-order valence-electron chi connectivity index (χ2n) is 12.0. The highest BCUT2D eigenvalue weighted by atomic mass is 32.2. The van der Waals surface area contributed by atoms with E-state index in [9.17, 15) is 16.8 Å². The maximum absolute atomic E-state index is 13.3. The van der Waals surface area contributed by atoms with Gasteiger partial charge < -0.3 is 4.57 Å². The van der Waals surface area contributed by atoms with Gasteiger partial charge in [-0.05, 0) is 81.2 Å². The Hall–Kier alpha value is -1.68. The van der Waals surface area contributed by atoms with Crippen LogP contribution < -0.4 is 9.86 Å². The van der Waals surface area contributed by atoms with Crippen LogP contribution in [0.4, 0.5) is 0 Å². The Morgan fingerprint density at radius 3 is 2.06 bits per heavy atom. The molecule has 2 aromatic rings. The van der Waals surface area contributed by atoms with Gasteiger partial charge in [-0.3, -0.25) is 0 Å². The van der Waals surface area contributed by atoms with E-state index in [1.54, 1.807) is 25.1 Å². The number of nitrogens with zero attached hydrogens (tertiary/aromatic N) is 1. The quantitative estimate of drug-likeness (QED) is 0.551. The molecule has 196 valence electrons. The Morgan fingerprint density at radius 2 is 1.54 bits per heavy atom. The molecule has 0 amide bonds. The number of sulfonamides is 2. The van der Waals surface area contributed by atoms with Crippen LogP contribution in [0, 0.1) is 12.8 Å². The van der Waals surface area contributed by atoms with Gasteiger partial charge in [0.2, 0.25) is 20.0 Å². The predicted molar refractivity (Wildman–Crippen MR) is 141 cm³/mol. The number of hydrogen-bond donors (Lipinski definition) is 2. The van der Waals surface area contributed by atoms with E-state index >= 15 is 0 Å². The van der Waals surface area contributed by atoms with E-state index in [-0.39, 0.29) is 9.79 Å². The first-order valence-electron chi connectivity index (χ1n) is 12.3. The van der Waals surface area contributed by atoms with Crippen molar-refractivity contribution in [2.45, 2.75) is 108 Å². The lowest BCUT2D eigenvalue weighted by Crippen LogP contribution is -2.41. The molecule has 9 heteroatoms. The first-order valence-corrected chi connectivity index (χ1v) is 15.3. The van der Waals surface area contributed by atoms with Crippen LogP contribution >= 0.6 is 0 Å². The molecule has 0 spiro atoms. The lowest BCUT2D eigenvalue weighted by atomic mass is 9.85. The zero-order chi connectivity index (χ0) is 26.4. The minimum atomic E-state index is -3.90. The molecule has 0 bridgehead atoms. The van der Waals surface area contributed by atoms with Gasteiger partial charge in [0.05, 0.1) is 4.90 Å². The summed E-state index contributed by atoms with van der Waals surface area (Å²) in [7, 11) is -7.66. The Kier molecular flexibility index (Phi) is 7.69. The first kappa shape index (κ1) is 27.9. The van der Waals surface area contributed by atoms with Crippen molar-refractivity contribution < 1.29 is 16.8 Å². The second kappa shape index (κ2) is 9.65. The van der Waals surface area contributed by atoms with Crippen molar-refractivity contribution in [2.75, 3.05) is 0 Å². The molecular weight excluding hydrogens is 482 g/mol. The average Bonchev–Trinajstić information content (AvgIpc) is 3.02. The largest absolute Gasteiger partial charge is 0.343 e. The third kappa shape index (κ3) is 6.56. The topological polar surface area (TPSA) is 111 Å². The van der Waals surface area contributed by atoms with Crippen LogP contribution in [-0.4, -0.2) is 26.9 Å². The van der Waals surface area contributed by atoms with Crippen LogP contribution in [0.5, 0.6) is 0 Å². The normalized spacial score (nSPS) is 16.6. The van der Waals surface area contributed by atoms with E-state index in [1.165, 1.54) is 19.3 Å². The minimum Gasteiger partial charge on any atom is -0.343 e. The monoisotopic (exact) mass is 523 g/mol. The third-order valence-corrected chi connectivity index (χ3v) is 9.45. The summed E-state index contributed by atoms with van der Waals surface area (Å²) in [5.74, 6) is 0.472. The van der Waals surface area contributed by atoms with Crippen molar-refractivity contribution in [1.29, 1.82) is 0 Å². The van der Waals surface area contributed by atoms with Gasteiger partial charge in [0.25, 0.3) is 0 Å². The van der Waals surface area contributed by atoms with Gasteiger partial charge in [0.15, 0.2) is 0 Å². The first-order chi connectivity index (χ1) is 15.9. The van der Waals surface area contributed by atoms with Gasteiger partial charge in [-0.1, -0.05) is 46.1 Å². The number of primary sulfonamides is 1. The smallest absolute Gasteiger partial charge is 0.241 e. The van der Waals surface area contributed by atoms with E-state index in [2.05, 4.69) is 9.29 Å². The van der Waals surface area contributed by atoms with Crippen molar-refractivity contribution in [3.8, 4) is 11.3 Å². The summed E-state index contributed by atoms with van der Waals surface area (Å²) in [6.45, 7) is 13.9. The number of nitrogens with two attached hydrogens (primary N) is 1. The van der Waals surface area contributed by atoms with Crippen molar-refractivity contribution in [2.24, 2.45) is 11.1 Å². The zero-order valence-corrected chi connectivity index (χ0v) is 23.7. The van der Waals surface area contributed by atoms with Gasteiger partial charge in [0.1, 0.15) is 4.90 Å². The molecule has 1 fully saturated rings. The maximum Gasteiger partial charge on any atom is 0.241 e. The van der Waals surface area contributed by atoms with Crippen LogP contribution in [0.2, 0.25) is 0 Å². The molecule has 3 N–H and O–H groups in total. The molecular formula is C26H41N3O4S2. The number of hydrogen-bond acceptors (Lipinski definition) is 4. The third-order valence-electron chi connectivity index (χ3n) is 6.61. The summed E-state index contributed by atoms with van der Waals surface area (Å²) in [6.07, 6.45) is 5.84. The summed E-state index contributed by atoms with van der Waals surface area (Å²) in [6, 6.07) is 6.92. The number of benzene rings is 1. The summed E-state index contributed by atoms with van der Waals surface area (Å²) in [5.41, 5.74) is 1.73. The molecule has 1 aromatic heterocycles. The van der Waals surface area contributed by atoms with Crippen LogP contribution in [0.15, 0.2) is 34.1 Å². The highest BCUT2D eigenvalue weighted by Crippen LogP contribution is 2.37. The van der Waals surface area contributed by atoms with Crippen LogP contribution in [0.1, 0.15) is 84.9 Å². The van der Waals surface area contributed by atoms with Crippen molar-refractivity contribution >= 4 is 20.0 Å². The Labute approximate surface area is 211 Å². The van der Waals surface area contributed by atoms with Crippen molar-refractivity contribution in [3.63, 3.8) is 0 Å². The van der Waals surface area contributed by atoms with Crippen molar-refractivity contribution in [1.82, 2.24) is 9.29 Å². The average molecular weight is 524 g/mol. The second-order valence-corrected chi connectivity index (χ2v) is 15.1. The Balaban J connectivity index is 2.20. The van der Waals surface area contributed by atoms with E-state index in [4.69, 9.17) is 5.14 Å². The van der Waals surface area contributed by atoms with E-state index in [0.717, 1.165) is 24.1 Å². The molecule has 1 saturated carbocycles. The SMILES string of the molecule is Cc1c(S(N)(=O)=O)cc(-c2ccc(S(=O)(=O)NC(C)(C)C)c(C(C)(C)C)c2)n1CC1CCCCC1. The molecule has 1 aliphatic carbocycles. The lowest BCUT2D eigenvalue weighted by Gasteiger charge is -2.27. The fourth-order valence-corrected chi connectivity index (χ4v) is 7.59. The van der Waals surface area contributed by atoms with E-state index in [1.807, 2.05) is 47.6 Å². The molecule has 0 saturated heterocycles. The molecule has 35 heavy (non-hydrogen) atoms. The van der Waals surface area contributed by atoms with Crippen LogP contribution in [-0.2, 0) is 32.0 Å². The predicted octanol–water partition coefficient (Wildman–Crippen LogP) is 5.07. The molecule has 1 aliphatic rings. The summed E-state index contributed by atoms with van der Waals surface area (Å²) in [4.78, 5) is 0.351. The molecule has 0 atom stereocenters. The van der Waals surface area contributed by atoms with E-state index in [0.29, 0.717) is 23.7 Å². The van der Waals surface area contributed by atoms with Gasteiger partial charge in [-0.15, -0.1) is 0 Å². The van der Waals surface area contributed by atoms with Gasteiger partial charge in [-0.25, -0.2) is 26.7 Å². The molecule has 1 aromatic carbocycles. The minimum absolute atomic E-state index is 0.117. The fourth-order valence-electron chi connectivity index (χ4n) is 4.98. The molecule has 7 nitrogen and oxygen atoms in total. The summed E-state index contributed by atoms with van der Waals surface area (Å²) < 4.78 is 56.1. The standard InChI is InChI=1S/C26H41N3O4S2/c1-18-24(34(27,30)31)16-22(29(18)17-19-11-9-8-10-12-19)20-13-14-23(21(15-20)25(2,3)4)35(32,33)28-26(5,6)7/h13-16,19,28H,8-12,17H2,1-7H3,(H2,27,30,31). The molecule has 0 radical (unpaired) electrons. The number of nitrogens with one attached hydrogen (secondary N) is 1. The van der Waals surface area contributed by atoms with Gasteiger partial charge in [0, 0.05) is 23.5 Å². The molecule has 1 heterocycles. The highest BCUT2D eigenvalue weighted by molar-refractivity contribution is 7.89. The molecule has 0 unspecified atom stereocenters. The van der Waals surface area contributed by atoms with Gasteiger partial charge in [-0.2, -0.15) is 0 Å². The molecule has 3 rings (SSSR count). The fraction of sp³-hybridized carbons (Fsp3) is 0.615. The summed E-state index contributed by atoms with van der Waals surface area (Å²) >= 11 is 0. The maximum atomic E-state index is 13.3. The van der Waals surface area contributed by atoms with E-state index < -0.39 is 31.0 Å².